The molecule has 1 fully saturated rings. The average Bonchev–Trinajstić information content (AvgIpc) is 2.85. The lowest BCUT2D eigenvalue weighted by Gasteiger charge is -2.31. The molecule has 0 N–H and O–H groups in total. The van der Waals surface area contributed by atoms with Crippen molar-refractivity contribution >= 4 is 11.5 Å². The van der Waals surface area contributed by atoms with Gasteiger partial charge in [0.05, 0.1) is 0 Å². The average molecular weight is 447 g/mol. The predicted molar refractivity (Wildman–Crippen MR) is 126 cm³/mol. The second kappa shape index (κ2) is 11.0. The molecule has 3 nitrogen and oxygen atoms in total. The first kappa shape index (κ1) is 22.8. The number of hydrogen-bond donors (Lipinski definition) is 0. The van der Waals surface area contributed by atoms with Crippen molar-refractivity contribution in [3.05, 3.63) is 107 Å². The maximum Gasteiger partial charge on any atom is 0.222 e. The molecule has 0 unspecified atom stereocenters. The van der Waals surface area contributed by atoms with Crippen molar-refractivity contribution in [1.29, 1.82) is 0 Å². The summed E-state index contributed by atoms with van der Waals surface area (Å²) in [4.78, 5) is 18.7. The third-order valence-electron chi connectivity index (χ3n) is 6.18. The Morgan fingerprint density at radius 1 is 0.939 bits per heavy atom. The minimum Gasteiger partial charge on any atom is -0.343 e. The van der Waals surface area contributed by atoms with Crippen LogP contribution in [0.2, 0.25) is 0 Å². The Balaban J connectivity index is 1.38. The molecule has 0 bridgehead atoms. The van der Waals surface area contributed by atoms with E-state index in [1.165, 1.54) is 24.3 Å². The highest BCUT2D eigenvalue weighted by molar-refractivity contribution is 5.80. The van der Waals surface area contributed by atoms with Gasteiger partial charge < -0.3 is 4.90 Å². The van der Waals surface area contributed by atoms with Crippen molar-refractivity contribution in [2.75, 3.05) is 13.1 Å². The molecular weight excluding hydrogens is 418 g/mol. The number of carbonyl (C=O) groups is 1. The minimum absolute atomic E-state index is 0.207. The molecule has 0 radical (unpaired) electrons. The molecule has 0 saturated carbocycles. The fraction of sp³-hybridized carbons (Fsp3) is 0.286. The van der Waals surface area contributed by atoms with Crippen molar-refractivity contribution in [3.63, 3.8) is 0 Å². The first-order chi connectivity index (χ1) is 16.1. The first-order valence-corrected chi connectivity index (χ1v) is 11.5. The van der Waals surface area contributed by atoms with E-state index in [1.807, 2.05) is 23.2 Å². The quantitative estimate of drug-likeness (QED) is 0.442. The van der Waals surface area contributed by atoms with Crippen molar-refractivity contribution in [3.8, 4) is 0 Å². The van der Waals surface area contributed by atoms with Crippen LogP contribution in [0.5, 0.6) is 0 Å². The lowest BCUT2D eigenvalue weighted by molar-refractivity contribution is -0.132. The van der Waals surface area contributed by atoms with Crippen LogP contribution in [-0.2, 0) is 11.2 Å². The summed E-state index contributed by atoms with van der Waals surface area (Å²) in [5, 5.41) is 0. The van der Waals surface area contributed by atoms with Gasteiger partial charge in [0.15, 0.2) is 0 Å². The summed E-state index contributed by atoms with van der Waals surface area (Å²) in [5.41, 5.74) is 3.92. The number of aryl methyl sites for hydroxylation is 1. The van der Waals surface area contributed by atoms with E-state index in [0.717, 1.165) is 61.0 Å². The van der Waals surface area contributed by atoms with E-state index in [0.29, 0.717) is 12.3 Å². The van der Waals surface area contributed by atoms with Crippen LogP contribution in [0.3, 0.4) is 0 Å². The van der Waals surface area contributed by atoms with Crippen LogP contribution in [0, 0.1) is 17.6 Å². The zero-order valence-electron chi connectivity index (χ0n) is 18.6. The molecule has 3 aromatic rings. The van der Waals surface area contributed by atoms with Gasteiger partial charge in [-0.25, -0.2) is 8.78 Å². The van der Waals surface area contributed by atoms with Gasteiger partial charge in [-0.2, -0.15) is 0 Å². The van der Waals surface area contributed by atoms with Crippen LogP contribution in [-0.4, -0.2) is 28.9 Å². The fourth-order valence-electron chi connectivity index (χ4n) is 4.32. The van der Waals surface area contributed by atoms with Crippen molar-refractivity contribution < 1.29 is 13.6 Å². The van der Waals surface area contributed by atoms with Crippen LogP contribution in [0.1, 0.15) is 42.4 Å². The number of allylic oxidation sites excluding steroid dienone is 1. The van der Waals surface area contributed by atoms with E-state index in [9.17, 15) is 13.6 Å². The van der Waals surface area contributed by atoms with Crippen LogP contribution < -0.4 is 0 Å². The highest BCUT2D eigenvalue weighted by atomic mass is 19.1. The second-order valence-corrected chi connectivity index (χ2v) is 8.53. The Bertz CT molecular complexity index is 1020. The largest absolute Gasteiger partial charge is 0.343 e. The Morgan fingerprint density at radius 3 is 2.09 bits per heavy atom. The molecule has 1 aliphatic heterocycles. The van der Waals surface area contributed by atoms with E-state index < -0.39 is 0 Å². The number of likely N-dealkylation sites (tertiary alicyclic amines) is 1. The van der Waals surface area contributed by atoms with Gasteiger partial charge >= 0.3 is 0 Å². The molecular formula is C28H28F2N2O. The normalized spacial score (nSPS) is 14.2. The Labute approximate surface area is 193 Å². The summed E-state index contributed by atoms with van der Waals surface area (Å²) in [7, 11) is 0. The maximum absolute atomic E-state index is 13.5. The Hall–Kier alpha value is -3.34. The van der Waals surface area contributed by atoms with E-state index in [-0.39, 0.29) is 17.5 Å². The molecule has 170 valence electrons. The molecule has 4 rings (SSSR count). The van der Waals surface area contributed by atoms with Gasteiger partial charge in [-0.3, -0.25) is 9.78 Å². The zero-order chi connectivity index (χ0) is 23.0. The molecule has 0 aliphatic carbocycles. The number of rotatable bonds is 7. The number of hydrogen-bond acceptors (Lipinski definition) is 2. The summed E-state index contributed by atoms with van der Waals surface area (Å²) in [6.45, 7) is 1.46. The first-order valence-electron chi connectivity index (χ1n) is 11.5. The smallest absolute Gasteiger partial charge is 0.222 e. The minimum atomic E-state index is -0.285. The van der Waals surface area contributed by atoms with Crippen molar-refractivity contribution in [2.24, 2.45) is 5.92 Å². The van der Waals surface area contributed by atoms with Crippen LogP contribution in [0.4, 0.5) is 8.78 Å². The molecule has 2 heterocycles. The SMILES string of the molecule is O=C(CCCc1cccnc1)N1CCC(C=C(c2ccc(F)cc2)c2ccc(F)cc2)CC1. The van der Waals surface area contributed by atoms with Gasteiger partial charge in [0, 0.05) is 31.9 Å². The van der Waals surface area contributed by atoms with Gasteiger partial charge in [-0.1, -0.05) is 36.4 Å². The van der Waals surface area contributed by atoms with Gasteiger partial charge in [-0.15, -0.1) is 0 Å². The molecule has 1 amide bonds. The van der Waals surface area contributed by atoms with Gasteiger partial charge in [-0.05, 0) is 84.2 Å². The number of amides is 1. The van der Waals surface area contributed by atoms with E-state index in [2.05, 4.69) is 11.1 Å². The molecule has 1 saturated heterocycles. The lowest BCUT2D eigenvalue weighted by atomic mass is 9.89. The van der Waals surface area contributed by atoms with E-state index >= 15 is 0 Å². The number of piperidine rings is 1. The van der Waals surface area contributed by atoms with Gasteiger partial charge in [0.2, 0.25) is 5.91 Å². The number of pyridine rings is 1. The van der Waals surface area contributed by atoms with Crippen LogP contribution in [0.25, 0.3) is 5.57 Å². The Kier molecular flexibility index (Phi) is 7.61. The third-order valence-corrected chi connectivity index (χ3v) is 6.18. The summed E-state index contributed by atoms with van der Waals surface area (Å²) < 4.78 is 26.9. The molecule has 0 spiro atoms. The second-order valence-electron chi connectivity index (χ2n) is 8.53. The summed E-state index contributed by atoms with van der Waals surface area (Å²) in [5.74, 6) is -0.0618. The van der Waals surface area contributed by atoms with Gasteiger partial charge in [0.25, 0.3) is 0 Å². The highest BCUT2D eigenvalue weighted by Gasteiger charge is 2.22. The summed E-state index contributed by atoms with van der Waals surface area (Å²) in [6, 6.07) is 16.8. The fourth-order valence-corrected chi connectivity index (χ4v) is 4.32. The van der Waals surface area contributed by atoms with Gasteiger partial charge in [0.1, 0.15) is 11.6 Å². The lowest BCUT2D eigenvalue weighted by Crippen LogP contribution is -2.38. The number of nitrogens with zero attached hydrogens (tertiary/aromatic N) is 2. The standard InChI is InChI=1S/C28H28F2N2O/c29-25-10-6-23(7-11-25)27(24-8-12-26(30)13-9-24)19-21-14-17-32(18-15-21)28(33)5-1-3-22-4-2-16-31-20-22/h2,4,6-13,16,19-21H,1,3,5,14-15,17-18H2. The molecule has 2 aromatic carbocycles. The Morgan fingerprint density at radius 2 is 1.55 bits per heavy atom. The molecule has 5 heteroatoms. The number of halogens is 2. The third kappa shape index (κ3) is 6.35. The maximum atomic E-state index is 13.5. The van der Waals surface area contributed by atoms with Crippen molar-refractivity contribution in [1.82, 2.24) is 9.88 Å². The van der Waals surface area contributed by atoms with Crippen LogP contribution in [0.15, 0.2) is 79.1 Å². The summed E-state index contributed by atoms with van der Waals surface area (Å²) in [6.07, 6.45) is 9.78. The van der Waals surface area contributed by atoms with E-state index in [4.69, 9.17) is 0 Å². The van der Waals surface area contributed by atoms with Crippen molar-refractivity contribution in [2.45, 2.75) is 32.1 Å². The number of benzene rings is 2. The molecule has 1 aliphatic rings. The van der Waals surface area contributed by atoms with E-state index in [1.54, 1.807) is 30.5 Å². The monoisotopic (exact) mass is 446 g/mol. The number of carbonyl (C=O) groups excluding carboxylic acids is 1. The van der Waals surface area contributed by atoms with Crippen LogP contribution >= 0.6 is 0 Å². The number of aromatic nitrogens is 1. The molecule has 0 atom stereocenters. The molecule has 33 heavy (non-hydrogen) atoms. The zero-order valence-corrected chi connectivity index (χ0v) is 18.6. The topological polar surface area (TPSA) is 33.2 Å². The summed E-state index contributed by atoms with van der Waals surface area (Å²) >= 11 is 0. The molecule has 1 aromatic heterocycles. The predicted octanol–water partition coefficient (Wildman–Crippen LogP) is 6.05. The highest BCUT2D eigenvalue weighted by Crippen LogP contribution is 2.29.